The Morgan fingerprint density at radius 3 is 2.31 bits per heavy atom. The first-order valence-electron chi connectivity index (χ1n) is 12.7. The Kier molecular flexibility index (Phi) is 7.79. The predicted molar refractivity (Wildman–Crippen MR) is 147 cm³/mol. The van der Waals surface area contributed by atoms with E-state index in [0.717, 1.165) is 45.9 Å². The highest BCUT2D eigenvalue weighted by atomic mass is 79.9. The third-order valence-corrected chi connectivity index (χ3v) is 7.51. The number of H-pyrrole nitrogens is 1. The number of aromatic nitrogens is 1. The number of para-hydroxylation sites is 1. The summed E-state index contributed by atoms with van der Waals surface area (Å²) >= 11 is 3.38. The van der Waals surface area contributed by atoms with Gasteiger partial charge in [0.25, 0.3) is 5.91 Å². The summed E-state index contributed by atoms with van der Waals surface area (Å²) < 4.78 is 40.1. The second-order valence-corrected chi connectivity index (χ2v) is 10.7. The van der Waals surface area contributed by atoms with Gasteiger partial charge in [-0.3, -0.25) is 9.59 Å². The maximum absolute atomic E-state index is 13.7. The van der Waals surface area contributed by atoms with Crippen LogP contribution in [-0.2, 0) is 23.9 Å². The smallest absolute Gasteiger partial charge is 0.361 e. The number of halogens is 4. The number of aromatic amines is 1. The van der Waals surface area contributed by atoms with Gasteiger partial charge in [-0.1, -0.05) is 46.3 Å². The van der Waals surface area contributed by atoms with Crippen LogP contribution >= 0.6 is 15.9 Å². The Bertz CT molecular complexity index is 1460. The zero-order chi connectivity index (χ0) is 27.6. The van der Waals surface area contributed by atoms with E-state index in [4.69, 9.17) is 0 Å². The fourth-order valence-electron chi connectivity index (χ4n) is 4.66. The van der Waals surface area contributed by atoms with Gasteiger partial charge in [-0.05, 0) is 72.9 Å². The number of rotatable bonds is 9. The number of alkyl halides is 3. The van der Waals surface area contributed by atoms with E-state index in [0.29, 0.717) is 24.1 Å². The molecule has 3 aromatic carbocycles. The van der Waals surface area contributed by atoms with Gasteiger partial charge in [0.05, 0.1) is 5.56 Å². The SMILES string of the molecule is O=C(CN(C(=O)c1ccc(Br)cc1)C1CC1)N(CCc1c[nH]c2ccccc12)Cc1ccc(C(F)(F)F)cc1. The molecule has 5 rings (SSSR count). The summed E-state index contributed by atoms with van der Waals surface area (Å²) in [5.41, 5.74) is 2.40. The number of amides is 2. The number of carbonyl (C=O) groups excluding carboxylic acids is 2. The van der Waals surface area contributed by atoms with E-state index >= 15 is 0 Å². The quantitative estimate of drug-likeness (QED) is 0.230. The van der Waals surface area contributed by atoms with Crippen molar-refractivity contribution in [2.24, 2.45) is 0 Å². The predicted octanol–water partition coefficient (Wildman–Crippen LogP) is 6.83. The van der Waals surface area contributed by atoms with Gasteiger partial charge in [-0.15, -0.1) is 0 Å². The van der Waals surface area contributed by atoms with Gasteiger partial charge in [0, 0.05) is 46.3 Å². The summed E-state index contributed by atoms with van der Waals surface area (Å²) in [6.07, 6.45) is -0.283. The molecule has 1 N–H and O–H groups in total. The molecule has 1 aliphatic rings. The largest absolute Gasteiger partial charge is 0.416 e. The van der Waals surface area contributed by atoms with Gasteiger partial charge in [0.15, 0.2) is 0 Å². The summed E-state index contributed by atoms with van der Waals surface area (Å²) in [5, 5.41) is 1.06. The Morgan fingerprint density at radius 2 is 1.64 bits per heavy atom. The van der Waals surface area contributed by atoms with Gasteiger partial charge in [0.1, 0.15) is 6.54 Å². The fourth-order valence-corrected chi connectivity index (χ4v) is 4.93. The number of nitrogens with zero attached hydrogens (tertiary/aromatic N) is 2. The van der Waals surface area contributed by atoms with Gasteiger partial charge < -0.3 is 14.8 Å². The summed E-state index contributed by atoms with van der Waals surface area (Å²) in [4.78, 5) is 33.5. The second kappa shape index (κ2) is 11.3. The lowest BCUT2D eigenvalue weighted by Gasteiger charge is -2.28. The summed E-state index contributed by atoms with van der Waals surface area (Å²) in [6.45, 7) is 0.408. The van der Waals surface area contributed by atoms with E-state index < -0.39 is 11.7 Å². The van der Waals surface area contributed by atoms with Crippen LogP contribution in [0.3, 0.4) is 0 Å². The van der Waals surface area contributed by atoms with Gasteiger partial charge in [-0.2, -0.15) is 13.2 Å². The molecule has 0 unspecified atom stereocenters. The summed E-state index contributed by atoms with van der Waals surface area (Å²) in [5.74, 6) is -0.448. The van der Waals surface area contributed by atoms with E-state index in [1.165, 1.54) is 12.1 Å². The van der Waals surface area contributed by atoms with Gasteiger partial charge in [-0.25, -0.2) is 0 Å². The summed E-state index contributed by atoms with van der Waals surface area (Å²) in [7, 11) is 0. The second-order valence-electron chi connectivity index (χ2n) is 9.79. The molecule has 1 aromatic heterocycles. The lowest BCUT2D eigenvalue weighted by atomic mass is 10.1. The molecule has 39 heavy (non-hydrogen) atoms. The van der Waals surface area contributed by atoms with Crippen molar-refractivity contribution in [2.45, 2.75) is 38.0 Å². The maximum atomic E-state index is 13.7. The third kappa shape index (κ3) is 6.53. The van der Waals surface area contributed by atoms with Gasteiger partial charge >= 0.3 is 6.18 Å². The van der Waals surface area contributed by atoms with Crippen molar-refractivity contribution >= 4 is 38.6 Å². The van der Waals surface area contributed by atoms with Crippen LogP contribution in [0.2, 0.25) is 0 Å². The Morgan fingerprint density at radius 1 is 0.949 bits per heavy atom. The van der Waals surface area contributed by atoms with E-state index in [1.54, 1.807) is 34.1 Å². The molecular formula is C30H27BrF3N3O2. The van der Waals surface area contributed by atoms with Crippen molar-refractivity contribution in [1.29, 1.82) is 0 Å². The van der Waals surface area contributed by atoms with Crippen LogP contribution in [0, 0.1) is 0 Å². The van der Waals surface area contributed by atoms with Crippen LogP contribution in [0.1, 0.15) is 39.9 Å². The summed E-state index contributed by atoms with van der Waals surface area (Å²) in [6, 6.07) is 19.8. The molecule has 9 heteroatoms. The monoisotopic (exact) mass is 597 g/mol. The fraction of sp³-hybridized carbons (Fsp3) is 0.267. The van der Waals surface area contributed by atoms with E-state index in [1.807, 2.05) is 30.5 Å². The average Bonchev–Trinajstić information content (AvgIpc) is 3.68. The highest BCUT2D eigenvalue weighted by Crippen LogP contribution is 2.30. The molecule has 5 nitrogen and oxygen atoms in total. The van der Waals surface area contributed by atoms with Crippen LogP contribution in [0.5, 0.6) is 0 Å². The number of fused-ring (bicyclic) bond motifs is 1. The molecule has 1 aliphatic carbocycles. The van der Waals surface area contributed by atoms with E-state index in [2.05, 4.69) is 20.9 Å². The molecule has 0 atom stereocenters. The first-order valence-corrected chi connectivity index (χ1v) is 13.5. The molecule has 0 spiro atoms. The third-order valence-electron chi connectivity index (χ3n) is 6.98. The molecule has 0 radical (unpaired) electrons. The minimum atomic E-state index is -4.43. The highest BCUT2D eigenvalue weighted by molar-refractivity contribution is 9.10. The zero-order valence-electron chi connectivity index (χ0n) is 21.0. The lowest BCUT2D eigenvalue weighted by Crippen LogP contribution is -2.44. The average molecular weight is 598 g/mol. The van der Waals surface area contributed by atoms with Crippen molar-refractivity contribution in [3.05, 3.63) is 106 Å². The van der Waals surface area contributed by atoms with Crippen LogP contribution in [0.25, 0.3) is 10.9 Å². The number of hydrogen-bond acceptors (Lipinski definition) is 2. The minimum Gasteiger partial charge on any atom is -0.361 e. The molecule has 202 valence electrons. The highest BCUT2D eigenvalue weighted by Gasteiger charge is 2.35. The van der Waals surface area contributed by atoms with Crippen molar-refractivity contribution < 1.29 is 22.8 Å². The molecular weight excluding hydrogens is 571 g/mol. The Labute approximate surface area is 232 Å². The molecule has 1 fully saturated rings. The van der Waals surface area contributed by atoms with Crippen LogP contribution in [0.15, 0.2) is 83.5 Å². The molecule has 2 amide bonds. The van der Waals surface area contributed by atoms with Crippen molar-refractivity contribution in [2.75, 3.05) is 13.1 Å². The van der Waals surface area contributed by atoms with Gasteiger partial charge in [0.2, 0.25) is 5.91 Å². The number of benzene rings is 3. The van der Waals surface area contributed by atoms with Crippen LogP contribution < -0.4 is 0 Å². The molecule has 0 aliphatic heterocycles. The Balaban J connectivity index is 1.36. The van der Waals surface area contributed by atoms with Crippen molar-refractivity contribution in [3.63, 3.8) is 0 Å². The number of hydrogen-bond donors (Lipinski definition) is 1. The zero-order valence-corrected chi connectivity index (χ0v) is 22.6. The number of nitrogens with one attached hydrogen (secondary N) is 1. The first kappa shape index (κ1) is 27.0. The standard InChI is InChI=1S/C30H27BrF3N3O2/c31-24-11-7-21(8-12-24)29(39)37(25-13-14-25)19-28(38)36(18-20-5-9-23(10-6-20)30(32,33)34)16-15-22-17-35-27-4-2-1-3-26(22)27/h1-12,17,25,35H,13-16,18-19H2. The normalized spacial score (nSPS) is 13.4. The van der Waals surface area contributed by atoms with Crippen LogP contribution in [0.4, 0.5) is 13.2 Å². The molecule has 1 heterocycles. The molecule has 0 saturated heterocycles. The molecule has 0 bridgehead atoms. The van der Waals surface area contributed by atoms with Crippen molar-refractivity contribution in [1.82, 2.24) is 14.8 Å². The lowest BCUT2D eigenvalue weighted by molar-refractivity contribution is -0.137. The number of carbonyl (C=O) groups is 2. The molecule has 1 saturated carbocycles. The van der Waals surface area contributed by atoms with E-state index in [9.17, 15) is 22.8 Å². The van der Waals surface area contributed by atoms with E-state index in [-0.39, 0.29) is 30.9 Å². The Hall–Kier alpha value is -3.59. The molecule has 4 aromatic rings. The topological polar surface area (TPSA) is 56.4 Å². The minimum absolute atomic E-state index is 0.00614. The first-order chi connectivity index (χ1) is 18.7. The maximum Gasteiger partial charge on any atom is 0.416 e. The van der Waals surface area contributed by atoms with Crippen molar-refractivity contribution in [3.8, 4) is 0 Å². The van der Waals surface area contributed by atoms with Crippen LogP contribution in [-0.4, -0.2) is 45.7 Å².